The van der Waals surface area contributed by atoms with Crippen LogP contribution in [0, 0.1) is 0 Å². The van der Waals surface area contributed by atoms with Gasteiger partial charge in [0.25, 0.3) is 0 Å². The zero-order chi connectivity index (χ0) is 24.9. The van der Waals surface area contributed by atoms with Crippen LogP contribution < -0.4 is 0 Å². The maximum atomic E-state index is 11.9. The van der Waals surface area contributed by atoms with Crippen molar-refractivity contribution in [2.24, 2.45) is 0 Å². The Labute approximate surface area is 199 Å². The van der Waals surface area contributed by atoms with Crippen molar-refractivity contribution in [3.05, 3.63) is 0 Å². The Morgan fingerprint density at radius 3 is 1.61 bits per heavy atom. The summed E-state index contributed by atoms with van der Waals surface area (Å²) in [5.41, 5.74) is 0. The second-order valence-electron chi connectivity index (χ2n) is 8.46. The van der Waals surface area contributed by atoms with Gasteiger partial charge in [-0.15, -0.1) is 0 Å². The van der Waals surface area contributed by atoms with Gasteiger partial charge in [-0.3, -0.25) is 19.2 Å². The Balaban J connectivity index is 3.93. The van der Waals surface area contributed by atoms with E-state index in [1.807, 2.05) is 0 Å². The molecule has 2 atom stereocenters. The average Bonchev–Trinajstić information content (AvgIpc) is 2.73. The minimum atomic E-state index is -0.799. The largest absolute Gasteiger partial charge is 0.463 e. The molecule has 0 radical (unpaired) electrons. The minimum absolute atomic E-state index is 0.0104. The van der Waals surface area contributed by atoms with Crippen LogP contribution in [0.2, 0.25) is 0 Å². The van der Waals surface area contributed by atoms with Gasteiger partial charge in [0.15, 0.2) is 6.10 Å². The topological polar surface area (TPSA) is 105 Å². The van der Waals surface area contributed by atoms with Crippen molar-refractivity contribution in [2.75, 3.05) is 13.2 Å². The highest BCUT2D eigenvalue weighted by atomic mass is 16.6. The number of carbonyl (C=O) groups excluding carboxylic acids is 4. The lowest BCUT2D eigenvalue weighted by atomic mass is 10.0. The molecule has 0 heterocycles. The number of carbonyl (C=O) groups is 4. The molecule has 8 nitrogen and oxygen atoms in total. The van der Waals surface area contributed by atoms with Crippen molar-refractivity contribution in [1.29, 1.82) is 0 Å². The van der Waals surface area contributed by atoms with Gasteiger partial charge >= 0.3 is 23.9 Å². The second kappa shape index (κ2) is 20.5. The molecule has 0 aliphatic rings. The highest BCUT2D eigenvalue weighted by Gasteiger charge is 2.17. The third-order valence-electron chi connectivity index (χ3n) is 5.10. The molecule has 192 valence electrons. The van der Waals surface area contributed by atoms with Gasteiger partial charge in [0, 0.05) is 27.2 Å². The van der Waals surface area contributed by atoms with E-state index in [4.69, 9.17) is 18.9 Å². The molecule has 0 N–H and O–H groups in total. The fraction of sp³-hybridized carbons (Fsp3) is 0.840. The van der Waals surface area contributed by atoms with Gasteiger partial charge < -0.3 is 18.9 Å². The van der Waals surface area contributed by atoms with Crippen molar-refractivity contribution in [3.8, 4) is 0 Å². The number of rotatable bonds is 20. The zero-order valence-electron chi connectivity index (χ0n) is 21.0. The van der Waals surface area contributed by atoms with Gasteiger partial charge in [-0.2, -0.15) is 0 Å². The fourth-order valence-electron chi connectivity index (χ4n) is 3.46. The highest BCUT2D eigenvalue weighted by Crippen LogP contribution is 2.17. The first-order valence-corrected chi connectivity index (χ1v) is 12.4. The van der Waals surface area contributed by atoms with Crippen molar-refractivity contribution in [3.63, 3.8) is 0 Å². The Kier molecular flexibility index (Phi) is 19.2. The molecule has 0 amide bonds. The lowest BCUT2D eigenvalue weighted by Gasteiger charge is -2.17. The maximum absolute atomic E-state index is 11.9. The van der Waals surface area contributed by atoms with Crippen molar-refractivity contribution in [2.45, 2.75) is 123 Å². The predicted octanol–water partition coefficient (Wildman–Crippen LogP) is 5.05. The third-order valence-corrected chi connectivity index (χ3v) is 5.10. The second-order valence-corrected chi connectivity index (χ2v) is 8.46. The van der Waals surface area contributed by atoms with Crippen LogP contribution in [-0.2, 0) is 38.1 Å². The molecule has 0 saturated carbocycles. The number of unbranched alkanes of at least 4 members (excludes halogenated alkanes) is 8. The van der Waals surface area contributed by atoms with E-state index < -0.39 is 18.0 Å². The summed E-state index contributed by atoms with van der Waals surface area (Å²) in [5, 5.41) is 0. The van der Waals surface area contributed by atoms with Gasteiger partial charge in [0.2, 0.25) is 0 Å². The van der Waals surface area contributed by atoms with E-state index in [1.54, 1.807) is 0 Å². The molecule has 0 aromatic carbocycles. The van der Waals surface area contributed by atoms with E-state index in [0.717, 1.165) is 44.9 Å². The number of ether oxygens (including phenoxy) is 4. The molecule has 33 heavy (non-hydrogen) atoms. The Morgan fingerprint density at radius 1 is 0.576 bits per heavy atom. The van der Waals surface area contributed by atoms with E-state index in [1.165, 1.54) is 46.5 Å². The first kappa shape index (κ1) is 30.9. The molecule has 0 saturated heterocycles. The van der Waals surface area contributed by atoms with E-state index in [2.05, 4.69) is 6.92 Å². The van der Waals surface area contributed by atoms with Gasteiger partial charge in [0.05, 0.1) is 0 Å². The summed E-state index contributed by atoms with van der Waals surface area (Å²) in [6.45, 7) is 5.87. The SMILES string of the molecule is CCCCCCCC(CCCCCCCC(=O)OCC(COC(C)=O)OC(C)=O)OC(C)=O. The molecular formula is C25H44O8. The number of hydrogen-bond acceptors (Lipinski definition) is 8. The smallest absolute Gasteiger partial charge is 0.305 e. The Hall–Kier alpha value is -2.12. The van der Waals surface area contributed by atoms with Crippen LogP contribution in [-0.4, -0.2) is 49.3 Å². The van der Waals surface area contributed by atoms with Crippen LogP contribution >= 0.6 is 0 Å². The molecule has 0 bridgehead atoms. The summed E-state index contributed by atoms with van der Waals surface area (Å²) in [7, 11) is 0. The molecule has 0 aliphatic carbocycles. The first-order valence-electron chi connectivity index (χ1n) is 12.4. The molecule has 0 aliphatic heterocycles. The minimum Gasteiger partial charge on any atom is -0.463 e. The monoisotopic (exact) mass is 472 g/mol. The van der Waals surface area contributed by atoms with Crippen LogP contribution in [0.4, 0.5) is 0 Å². The molecular weight excluding hydrogens is 428 g/mol. The van der Waals surface area contributed by atoms with Gasteiger partial charge in [-0.25, -0.2) is 0 Å². The van der Waals surface area contributed by atoms with Crippen LogP contribution in [0.1, 0.15) is 111 Å². The van der Waals surface area contributed by atoms with E-state index in [-0.39, 0.29) is 37.7 Å². The molecule has 8 heteroatoms. The Morgan fingerprint density at radius 2 is 1.06 bits per heavy atom. The fourth-order valence-corrected chi connectivity index (χ4v) is 3.46. The summed E-state index contributed by atoms with van der Waals surface area (Å²) in [5.74, 6) is -1.61. The van der Waals surface area contributed by atoms with Crippen LogP contribution in [0.15, 0.2) is 0 Å². The van der Waals surface area contributed by atoms with Crippen molar-refractivity contribution < 1.29 is 38.1 Å². The summed E-state index contributed by atoms with van der Waals surface area (Å²) < 4.78 is 20.4. The van der Waals surface area contributed by atoms with E-state index >= 15 is 0 Å². The van der Waals surface area contributed by atoms with Gasteiger partial charge in [0.1, 0.15) is 19.3 Å². The number of hydrogen-bond donors (Lipinski definition) is 0. The van der Waals surface area contributed by atoms with Crippen LogP contribution in [0.3, 0.4) is 0 Å². The van der Waals surface area contributed by atoms with E-state index in [9.17, 15) is 19.2 Å². The van der Waals surface area contributed by atoms with Crippen molar-refractivity contribution in [1.82, 2.24) is 0 Å². The van der Waals surface area contributed by atoms with Crippen LogP contribution in [0.25, 0.3) is 0 Å². The van der Waals surface area contributed by atoms with Crippen LogP contribution in [0.5, 0.6) is 0 Å². The molecule has 0 aromatic heterocycles. The summed E-state index contributed by atoms with van der Waals surface area (Å²) in [6, 6.07) is 0. The standard InChI is InChI=1S/C25H44O8/c1-5-6-7-9-12-15-23(32-21(3)27)16-13-10-8-11-14-17-25(29)31-19-24(33-22(4)28)18-30-20(2)26/h23-24H,5-19H2,1-4H3. The molecule has 2 unspecified atom stereocenters. The molecule has 0 spiro atoms. The quantitative estimate of drug-likeness (QED) is 0.138. The molecule has 0 aromatic rings. The van der Waals surface area contributed by atoms with Gasteiger partial charge in [-0.1, -0.05) is 51.9 Å². The summed E-state index contributed by atoms with van der Waals surface area (Å²) in [6.07, 6.45) is 12.0. The molecule has 0 fully saturated rings. The number of esters is 4. The third kappa shape index (κ3) is 21.5. The van der Waals surface area contributed by atoms with Gasteiger partial charge in [-0.05, 0) is 32.1 Å². The summed E-state index contributed by atoms with van der Waals surface area (Å²) >= 11 is 0. The normalized spacial score (nSPS) is 12.5. The average molecular weight is 473 g/mol. The zero-order valence-corrected chi connectivity index (χ0v) is 21.0. The lowest BCUT2D eigenvalue weighted by Crippen LogP contribution is -2.29. The first-order chi connectivity index (χ1) is 15.7. The Bertz CT molecular complexity index is 561. The summed E-state index contributed by atoms with van der Waals surface area (Å²) in [4.78, 5) is 45.2. The lowest BCUT2D eigenvalue weighted by molar-refractivity contribution is -0.164. The van der Waals surface area contributed by atoms with E-state index in [0.29, 0.717) is 6.42 Å². The predicted molar refractivity (Wildman–Crippen MR) is 124 cm³/mol. The maximum Gasteiger partial charge on any atom is 0.305 e. The molecule has 0 rings (SSSR count). The highest BCUT2D eigenvalue weighted by molar-refractivity contribution is 5.69. The van der Waals surface area contributed by atoms with Crippen molar-refractivity contribution >= 4 is 23.9 Å².